The van der Waals surface area contributed by atoms with Crippen molar-refractivity contribution in [3.8, 4) is 0 Å². The van der Waals surface area contributed by atoms with Crippen LogP contribution in [-0.4, -0.2) is 129 Å². The normalized spacial score (nSPS) is 28.9. The molecule has 12 unspecified atom stereocenters. The molecular formula is C42H80N3O17P. The molecule has 63 heavy (non-hydrogen) atoms. The summed E-state index contributed by atoms with van der Waals surface area (Å²) in [6.07, 6.45) is 13.5. The van der Waals surface area contributed by atoms with Crippen LogP contribution in [0.1, 0.15) is 162 Å². The number of aliphatic hydroxyl groups excluding tert-OH is 3. The highest BCUT2D eigenvalue weighted by Crippen LogP contribution is 2.49. The van der Waals surface area contributed by atoms with Crippen LogP contribution < -0.4 is 17.4 Å². The Bertz CT molecular complexity index is 1330. The molecule has 12 N–H and O–H groups in total. The van der Waals surface area contributed by atoms with Gasteiger partial charge >= 0.3 is 19.8 Å². The number of phosphoric acid groups is 1. The number of amides is 1. The highest BCUT2D eigenvalue weighted by molar-refractivity contribution is 7.47. The molecule has 20 nitrogen and oxygen atoms in total. The van der Waals surface area contributed by atoms with Crippen LogP contribution in [0.4, 0.5) is 0 Å². The number of hydrogen-bond donors (Lipinski definition) is 9. The monoisotopic (exact) mass is 930 g/mol. The van der Waals surface area contributed by atoms with E-state index in [1.165, 1.54) is 116 Å². The fourth-order valence-corrected chi connectivity index (χ4v) is 8.86. The van der Waals surface area contributed by atoms with Gasteiger partial charge in [-0.25, -0.2) is 14.2 Å². The van der Waals surface area contributed by atoms with Gasteiger partial charge in [-0.3, -0.25) is 13.8 Å². The van der Waals surface area contributed by atoms with E-state index in [1.807, 2.05) is 0 Å². The Morgan fingerprint density at radius 2 is 1.22 bits per heavy atom. The lowest BCUT2D eigenvalue weighted by Gasteiger charge is -2.49. The van der Waals surface area contributed by atoms with E-state index in [2.05, 4.69) is 11.8 Å². The lowest BCUT2D eigenvalue weighted by Crippen LogP contribution is -2.70. The van der Waals surface area contributed by atoms with Crippen LogP contribution in [0.5, 0.6) is 0 Å². The molecule has 0 spiro atoms. The molecule has 2 rings (SSSR count). The fourth-order valence-electron chi connectivity index (χ4n) is 8.04. The minimum absolute atomic E-state index is 0.0209. The predicted octanol–water partition coefficient (Wildman–Crippen LogP) is 3.73. The van der Waals surface area contributed by atoms with E-state index in [-0.39, 0.29) is 6.61 Å². The maximum absolute atomic E-state index is 13.2. The molecule has 0 aromatic heterocycles. The summed E-state index contributed by atoms with van der Waals surface area (Å²) in [6.45, 7) is 1.36. The van der Waals surface area contributed by atoms with Crippen molar-refractivity contribution in [3.05, 3.63) is 0 Å². The van der Waals surface area contributed by atoms with Gasteiger partial charge in [0, 0.05) is 6.61 Å². The van der Waals surface area contributed by atoms with Gasteiger partial charge in [0.2, 0.25) is 5.91 Å². The first kappa shape index (κ1) is 57.2. The van der Waals surface area contributed by atoms with Crippen LogP contribution in [-0.2, 0) is 51.8 Å². The third-order valence-corrected chi connectivity index (χ3v) is 12.8. The van der Waals surface area contributed by atoms with Gasteiger partial charge in [-0.15, -0.1) is 0 Å². The minimum atomic E-state index is -5.41. The Hall–Kier alpha value is -1.88. The van der Waals surface area contributed by atoms with Crippen molar-refractivity contribution in [3.63, 3.8) is 0 Å². The quantitative estimate of drug-likeness (QED) is 0.0245. The molecule has 2 heterocycles. The molecule has 2 saturated heterocycles. The number of primary amides is 1. The molecule has 2 fully saturated rings. The zero-order chi connectivity index (χ0) is 46.8. The Labute approximate surface area is 372 Å². The molecule has 0 radical (unpaired) electrons. The van der Waals surface area contributed by atoms with E-state index in [9.17, 15) is 49.4 Å². The third kappa shape index (κ3) is 20.7. The van der Waals surface area contributed by atoms with Crippen molar-refractivity contribution in [2.24, 2.45) is 23.3 Å². The van der Waals surface area contributed by atoms with Crippen LogP contribution >= 0.6 is 7.82 Å². The van der Waals surface area contributed by atoms with Crippen molar-refractivity contribution in [1.29, 1.82) is 0 Å². The summed E-state index contributed by atoms with van der Waals surface area (Å²) in [7, 11) is -5.41. The van der Waals surface area contributed by atoms with E-state index in [1.54, 1.807) is 0 Å². The second kappa shape index (κ2) is 31.2. The van der Waals surface area contributed by atoms with Crippen LogP contribution in [0.15, 0.2) is 0 Å². The van der Waals surface area contributed by atoms with E-state index < -0.39 is 106 Å². The first-order valence-electron chi connectivity index (χ1n) is 23.1. The average Bonchev–Trinajstić information content (AvgIpc) is 3.23. The number of carboxylic acids is 1. The molecule has 21 heteroatoms. The molecule has 0 aromatic carbocycles. The summed E-state index contributed by atoms with van der Waals surface area (Å²) in [5.41, 5.74) is 8.76. The van der Waals surface area contributed by atoms with Gasteiger partial charge in [0.05, 0.1) is 19.3 Å². The third-order valence-electron chi connectivity index (χ3n) is 11.8. The van der Waals surface area contributed by atoms with Crippen molar-refractivity contribution >= 4 is 25.7 Å². The van der Waals surface area contributed by atoms with E-state index in [4.69, 9.17) is 45.4 Å². The maximum Gasteiger partial charge on any atom is 0.474 e. The number of carboxylic acid groups (broad SMARTS) is 1. The smallest absolute Gasteiger partial charge is 0.474 e. The fraction of sp³-hybridized carbons (Fsp3) is 0.929. The topological polar surface area (TPSA) is 332 Å². The summed E-state index contributed by atoms with van der Waals surface area (Å²) in [5.74, 6) is -1.35. The molecular weight excluding hydrogens is 849 g/mol. The van der Waals surface area contributed by atoms with Gasteiger partial charge in [0.1, 0.15) is 35.9 Å². The summed E-state index contributed by atoms with van der Waals surface area (Å²) in [4.78, 5) is 52.2. The van der Waals surface area contributed by atoms with E-state index in [0.29, 0.717) is 6.42 Å². The lowest BCUT2D eigenvalue weighted by molar-refractivity contribution is -0.341. The lowest BCUT2D eigenvalue weighted by atomic mass is 9.77. The van der Waals surface area contributed by atoms with Crippen LogP contribution in [0.25, 0.3) is 0 Å². The number of rotatable bonds is 36. The molecule has 0 aliphatic carbocycles. The summed E-state index contributed by atoms with van der Waals surface area (Å²) in [5, 5.41) is 51.2. The maximum atomic E-state index is 13.2. The summed E-state index contributed by atoms with van der Waals surface area (Å²) in [6, 6.07) is -1.60. The molecule has 0 saturated carbocycles. The van der Waals surface area contributed by atoms with Gasteiger partial charge < -0.3 is 65.7 Å². The molecule has 0 aromatic rings. The molecule has 370 valence electrons. The number of carbonyl (C=O) groups is 3. The SMILES string of the molecule is CCCCCCCCCCCCCCCCCCCCCCCCCOC(COP(=O)(O)OC1OC(C(N)=O)C(C)(O)C(C(=O)ON)C1OC1OC(CO)C(O)C(O)C1N)C(=O)O. The molecule has 12 atom stereocenters. The summed E-state index contributed by atoms with van der Waals surface area (Å²) < 4.78 is 45.2. The van der Waals surface area contributed by atoms with Crippen LogP contribution in [0, 0.1) is 5.92 Å². The summed E-state index contributed by atoms with van der Waals surface area (Å²) >= 11 is 0. The number of aliphatic carboxylic acids is 1. The Morgan fingerprint density at radius 3 is 1.63 bits per heavy atom. The van der Waals surface area contributed by atoms with Crippen molar-refractivity contribution in [1.82, 2.24) is 0 Å². The Morgan fingerprint density at radius 1 is 0.762 bits per heavy atom. The molecule has 2 aliphatic heterocycles. The van der Waals surface area contributed by atoms with Crippen LogP contribution in [0.2, 0.25) is 0 Å². The number of carbonyl (C=O) groups excluding carboxylic acids is 2. The first-order valence-corrected chi connectivity index (χ1v) is 24.6. The highest BCUT2D eigenvalue weighted by Gasteiger charge is 2.62. The number of ether oxygens (including phenoxy) is 4. The highest BCUT2D eigenvalue weighted by atomic mass is 31.2. The number of aliphatic hydroxyl groups is 4. The van der Waals surface area contributed by atoms with Crippen molar-refractivity contribution in [2.75, 3.05) is 19.8 Å². The zero-order valence-electron chi connectivity index (χ0n) is 37.5. The molecule has 1 amide bonds. The number of hydrogen-bond acceptors (Lipinski definition) is 17. The van der Waals surface area contributed by atoms with Gasteiger partial charge in [-0.05, 0) is 13.3 Å². The van der Waals surface area contributed by atoms with Gasteiger partial charge in [0.15, 0.2) is 24.8 Å². The molecule has 2 aliphatic rings. The Balaban J connectivity index is 1.74. The molecule has 0 bridgehead atoms. The van der Waals surface area contributed by atoms with E-state index >= 15 is 0 Å². The van der Waals surface area contributed by atoms with E-state index in [0.717, 1.165) is 32.6 Å². The number of nitrogens with two attached hydrogens (primary N) is 3. The number of phosphoric ester groups is 1. The largest absolute Gasteiger partial charge is 0.479 e. The second-order valence-electron chi connectivity index (χ2n) is 17.2. The van der Waals surface area contributed by atoms with Gasteiger partial charge in [-0.1, -0.05) is 148 Å². The van der Waals surface area contributed by atoms with Gasteiger partial charge in [-0.2, -0.15) is 5.90 Å². The first-order chi connectivity index (χ1) is 30.0. The second-order valence-corrected chi connectivity index (χ2v) is 18.6. The predicted molar refractivity (Wildman–Crippen MR) is 229 cm³/mol. The number of unbranched alkanes of at least 4 members (excludes halogenated alkanes) is 22. The minimum Gasteiger partial charge on any atom is -0.479 e. The van der Waals surface area contributed by atoms with Crippen LogP contribution in [0.3, 0.4) is 0 Å². The van der Waals surface area contributed by atoms with Crippen molar-refractivity contribution in [2.45, 2.75) is 222 Å². The standard InChI is InChI=1S/C42H80N3O17P/c1-3-4-5-6-7-8-9-10-11-12-13-14-15-16-17-18-19-20-21-22-23-24-25-26-56-30(38(50)51)28-57-63(54,55)62-41-35(59-40-32(43)34(48)33(47)29(27-46)58-40)31(39(52)61-45)42(2,53)36(60-41)37(44)49/h29-36,40-41,46-48,53H,3-28,43,45H2,1-2H3,(H2,44,49)(H,50,51)(H,54,55). The Kier molecular flexibility index (Phi) is 28.3. The average molecular weight is 930 g/mol. The zero-order valence-corrected chi connectivity index (χ0v) is 38.4. The van der Waals surface area contributed by atoms with Crippen molar-refractivity contribution < 1.29 is 82.2 Å². The van der Waals surface area contributed by atoms with Gasteiger partial charge in [0.25, 0.3) is 0 Å².